The lowest BCUT2D eigenvalue weighted by Gasteiger charge is -2.24. The molecule has 2 aromatic rings. The van der Waals surface area contributed by atoms with E-state index in [-0.39, 0.29) is 5.54 Å². The van der Waals surface area contributed by atoms with E-state index in [4.69, 9.17) is 0 Å². The number of anilines is 2. The molecule has 17 heavy (non-hydrogen) atoms. The van der Waals surface area contributed by atoms with Crippen LogP contribution in [0, 0.1) is 0 Å². The Labute approximate surface area is 105 Å². The van der Waals surface area contributed by atoms with Crippen LogP contribution in [0.1, 0.15) is 18.9 Å². The minimum absolute atomic E-state index is 0.215. The van der Waals surface area contributed by atoms with E-state index < -0.39 is 0 Å². The normalized spacial score (nSPS) is 11.2. The quantitative estimate of drug-likeness (QED) is 0.873. The average molecular weight is 248 g/mol. The van der Waals surface area contributed by atoms with Gasteiger partial charge in [-0.15, -0.1) is 11.3 Å². The third kappa shape index (κ3) is 2.74. The fourth-order valence-electron chi connectivity index (χ4n) is 1.55. The van der Waals surface area contributed by atoms with E-state index in [0.29, 0.717) is 0 Å². The van der Waals surface area contributed by atoms with Crippen LogP contribution in [0.3, 0.4) is 0 Å². The topological polar surface area (TPSA) is 49.8 Å². The van der Waals surface area contributed by atoms with Gasteiger partial charge in [-0.3, -0.25) is 0 Å². The van der Waals surface area contributed by atoms with Crippen molar-refractivity contribution in [2.75, 3.05) is 17.7 Å². The molecule has 0 spiro atoms. The summed E-state index contributed by atoms with van der Waals surface area (Å²) in [5.41, 5.74) is -0.215. The number of hydrogen-bond donors (Lipinski definition) is 2. The molecular weight excluding hydrogens is 232 g/mol. The molecule has 0 atom stereocenters. The summed E-state index contributed by atoms with van der Waals surface area (Å²) < 4.78 is 0. The lowest BCUT2D eigenvalue weighted by Crippen LogP contribution is -2.28. The van der Waals surface area contributed by atoms with Crippen LogP contribution in [0.15, 0.2) is 29.8 Å². The Morgan fingerprint density at radius 1 is 1.24 bits per heavy atom. The van der Waals surface area contributed by atoms with Crippen molar-refractivity contribution >= 4 is 23.0 Å². The van der Waals surface area contributed by atoms with Gasteiger partial charge in [0.1, 0.15) is 16.6 Å². The maximum absolute atomic E-state index is 4.44. The van der Waals surface area contributed by atoms with Gasteiger partial charge in [-0.25, -0.2) is 9.97 Å². The van der Waals surface area contributed by atoms with Gasteiger partial charge in [0.05, 0.1) is 5.54 Å². The van der Waals surface area contributed by atoms with Crippen LogP contribution in [0.25, 0.3) is 0 Å². The van der Waals surface area contributed by atoms with Crippen molar-refractivity contribution in [3.63, 3.8) is 0 Å². The third-order valence-corrected chi connectivity index (χ3v) is 3.51. The van der Waals surface area contributed by atoms with E-state index in [0.717, 1.165) is 16.6 Å². The van der Waals surface area contributed by atoms with E-state index in [1.54, 1.807) is 11.3 Å². The highest BCUT2D eigenvalue weighted by atomic mass is 32.1. The van der Waals surface area contributed by atoms with Crippen LogP contribution in [0.4, 0.5) is 11.6 Å². The highest BCUT2D eigenvalue weighted by molar-refractivity contribution is 7.09. The summed E-state index contributed by atoms with van der Waals surface area (Å²) in [5.74, 6) is 1.70. The number of pyridine rings is 1. The van der Waals surface area contributed by atoms with Crippen molar-refractivity contribution in [1.82, 2.24) is 9.97 Å². The number of thiazole rings is 1. The molecule has 2 aromatic heterocycles. The van der Waals surface area contributed by atoms with Crippen LogP contribution < -0.4 is 10.6 Å². The smallest absolute Gasteiger partial charge is 0.129 e. The number of hydrogen-bond acceptors (Lipinski definition) is 5. The van der Waals surface area contributed by atoms with E-state index in [9.17, 15) is 0 Å². The maximum Gasteiger partial charge on any atom is 0.129 e. The second-order valence-electron chi connectivity index (χ2n) is 4.25. The first-order chi connectivity index (χ1) is 8.12. The molecule has 0 unspecified atom stereocenters. The fourth-order valence-corrected chi connectivity index (χ4v) is 2.27. The minimum atomic E-state index is -0.215. The summed E-state index contributed by atoms with van der Waals surface area (Å²) in [6, 6.07) is 5.86. The van der Waals surface area contributed by atoms with Gasteiger partial charge in [0, 0.05) is 18.6 Å². The van der Waals surface area contributed by atoms with Crippen molar-refractivity contribution in [3.8, 4) is 0 Å². The molecule has 0 saturated carbocycles. The van der Waals surface area contributed by atoms with Gasteiger partial charge < -0.3 is 10.6 Å². The Balaban J connectivity index is 2.20. The van der Waals surface area contributed by atoms with Crippen LogP contribution in [-0.2, 0) is 5.54 Å². The molecule has 2 heterocycles. The largest absolute Gasteiger partial charge is 0.373 e. The molecular formula is C12H16N4S. The van der Waals surface area contributed by atoms with Gasteiger partial charge in [0.25, 0.3) is 0 Å². The molecule has 0 radical (unpaired) electrons. The van der Waals surface area contributed by atoms with E-state index in [1.165, 1.54) is 0 Å². The Bertz CT molecular complexity index is 479. The molecule has 4 nitrogen and oxygen atoms in total. The first-order valence-corrected chi connectivity index (χ1v) is 6.33. The van der Waals surface area contributed by atoms with Crippen molar-refractivity contribution in [2.45, 2.75) is 19.4 Å². The first kappa shape index (κ1) is 11.9. The Hall–Kier alpha value is -1.62. The van der Waals surface area contributed by atoms with Gasteiger partial charge in [-0.2, -0.15) is 0 Å². The van der Waals surface area contributed by atoms with Gasteiger partial charge in [0.2, 0.25) is 0 Å². The van der Waals surface area contributed by atoms with E-state index in [2.05, 4.69) is 34.4 Å². The summed E-state index contributed by atoms with van der Waals surface area (Å²) in [5, 5.41) is 9.45. The van der Waals surface area contributed by atoms with Crippen molar-refractivity contribution in [1.29, 1.82) is 0 Å². The highest BCUT2D eigenvalue weighted by Gasteiger charge is 2.23. The molecule has 0 aromatic carbocycles. The zero-order valence-corrected chi connectivity index (χ0v) is 11.0. The number of nitrogens with one attached hydrogen (secondary N) is 2. The van der Waals surface area contributed by atoms with Crippen LogP contribution in [0.5, 0.6) is 0 Å². The molecule has 0 aliphatic heterocycles. The molecule has 0 bridgehead atoms. The standard InChI is InChI=1S/C12H16N4S/c1-12(2,11-14-7-8-17-11)16-10-6-4-5-9(13-3)15-10/h4-8H,1-3H3,(H2,13,15,16). The monoisotopic (exact) mass is 248 g/mol. The zero-order chi connectivity index (χ0) is 12.3. The SMILES string of the molecule is CNc1cccc(NC(C)(C)c2nccs2)n1. The average Bonchev–Trinajstić information content (AvgIpc) is 2.83. The third-order valence-electron chi connectivity index (χ3n) is 2.41. The highest BCUT2D eigenvalue weighted by Crippen LogP contribution is 2.26. The molecule has 5 heteroatoms. The maximum atomic E-state index is 4.44. The first-order valence-electron chi connectivity index (χ1n) is 5.45. The molecule has 0 aliphatic rings. The predicted octanol–water partition coefficient (Wildman–Crippen LogP) is 2.93. The lowest BCUT2D eigenvalue weighted by molar-refractivity contribution is 0.601. The molecule has 2 rings (SSSR count). The molecule has 90 valence electrons. The second-order valence-corrected chi connectivity index (χ2v) is 5.14. The van der Waals surface area contributed by atoms with Crippen LogP contribution >= 0.6 is 11.3 Å². The number of rotatable bonds is 4. The zero-order valence-electron chi connectivity index (χ0n) is 10.2. The summed E-state index contributed by atoms with van der Waals surface area (Å²) >= 11 is 1.64. The Morgan fingerprint density at radius 3 is 2.65 bits per heavy atom. The van der Waals surface area contributed by atoms with Gasteiger partial charge >= 0.3 is 0 Å². The molecule has 0 aliphatic carbocycles. The van der Waals surface area contributed by atoms with Crippen LogP contribution in [-0.4, -0.2) is 17.0 Å². The van der Waals surface area contributed by atoms with Crippen LogP contribution in [0.2, 0.25) is 0 Å². The van der Waals surface area contributed by atoms with E-state index in [1.807, 2.05) is 36.8 Å². The van der Waals surface area contributed by atoms with Crippen molar-refractivity contribution in [3.05, 3.63) is 34.8 Å². The summed E-state index contributed by atoms with van der Waals surface area (Å²) in [4.78, 5) is 8.78. The van der Waals surface area contributed by atoms with Crippen molar-refractivity contribution in [2.24, 2.45) is 0 Å². The Kier molecular flexibility index (Phi) is 3.28. The molecule has 0 saturated heterocycles. The summed E-state index contributed by atoms with van der Waals surface area (Å²) in [6.07, 6.45) is 1.82. The van der Waals surface area contributed by atoms with Crippen molar-refractivity contribution < 1.29 is 0 Å². The molecule has 0 fully saturated rings. The fraction of sp³-hybridized carbons (Fsp3) is 0.333. The number of aromatic nitrogens is 2. The van der Waals surface area contributed by atoms with Gasteiger partial charge in [-0.1, -0.05) is 6.07 Å². The summed E-state index contributed by atoms with van der Waals surface area (Å²) in [7, 11) is 1.86. The van der Waals surface area contributed by atoms with Gasteiger partial charge in [0.15, 0.2) is 0 Å². The number of nitrogens with zero attached hydrogens (tertiary/aromatic N) is 2. The minimum Gasteiger partial charge on any atom is -0.373 e. The lowest BCUT2D eigenvalue weighted by atomic mass is 10.1. The van der Waals surface area contributed by atoms with Gasteiger partial charge in [-0.05, 0) is 26.0 Å². The summed E-state index contributed by atoms with van der Waals surface area (Å²) in [6.45, 7) is 4.19. The molecule has 2 N–H and O–H groups in total. The second kappa shape index (κ2) is 4.71. The predicted molar refractivity (Wildman–Crippen MR) is 72.5 cm³/mol. The Morgan fingerprint density at radius 2 is 2.00 bits per heavy atom. The molecule has 0 amide bonds. The van der Waals surface area contributed by atoms with E-state index >= 15 is 0 Å².